The number of halogens is 1. The summed E-state index contributed by atoms with van der Waals surface area (Å²) < 4.78 is 13.6. The minimum atomic E-state index is -0.131. The standard InChI is InChI=1S/C17H24FN3/c1-13-16(18)6-5-14-12-15(19-17(13)14)4-3-7-21-10-8-20(2)9-11-21/h5-6,12,19H,3-4,7-11H2,1-2H3. The number of nitrogens with one attached hydrogen (secondary N) is 1. The van der Waals surface area contributed by atoms with Gasteiger partial charge in [0.05, 0.1) is 5.52 Å². The summed E-state index contributed by atoms with van der Waals surface area (Å²) >= 11 is 0. The molecule has 0 spiro atoms. The fourth-order valence-corrected chi connectivity index (χ4v) is 3.08. The lowest BCUT2D eigenvalue weighted by molar-refractivity contribution is 0.153. The van der Waals surface area contributed by atoms with Gasteiger partial charge in [-0.05, 0) is 51.6 Å². The summed E-state index contributed by atoms with van der Waals surface area (Å²) in [6, 6.07) is 5.57. The average Bonchev–Trinajstić information content (AvgIpc) is 2.89. The highest BCUT2D eigenvalue weighted by molar-refractivity contribution is 5.83. The monoisotopic (exact) mass is 289 g/mol. The lowest BCUT2D eigenvalue weighted by Gasteiger charge is -2.32. The smallest absolute Gasteiger partial charge is 0.128 e. The number of nitrogens with zero attached hydrogens (tertiary/aromatic N) is 2. The molecule has 2 aromatic rings. The van der Waals surface area contributed by atoms with E-state index in [0.717, 1.165) is 35.9 Å². The molecule has 3 nitrogen and oxygen atoms in total. The quantitative estimate of drug-likeness (QED) is 0.935. The summed E-state index contributed by atoms with van der Waals surface area (Å²) in [6.45, 7) is 7.68. The molecule has 1 aromatic heterocycles. The Hall–Kier alpha value is -1.39. The molecule has 0 aliphatic carbocycles. The van der Waals surface area contributed by atoms with Crippen molar-refractivity contribution >= 4 is 10.9 Å². The fourth-order valence-electron chi connectivity index (χ4n) is 3.08. The van der Waals surface area contributed by atoms with E-state index in [-0.39, 0.29) is 5.82 Å². The van der Waals surface area contributed by atoms with Crippen LogP contribution < -0.4 is 0 Å². The lowest BCUT2D eigenvalue weighted by atomic mass is 10.1. The van der Waals surface area contributed by atoms with Gasteiger partial charge in [-0.2, -0.15) is 0 Å². The van der Waals surface area contributed by atoms with Crippen LogP contribution in [0.4, 0.5) is 4.39 Å². The van der Waals surface area contributed by atoms with Gasteiger partial charge < -0.3 is 14.8 Å². The molecule has 1 aromatic carbocycles. The highest BCUT2D eigenvalue weighted by atomic mass is 19.1. The maximum absolute atomic E-state index is 13.6. The van der Waals surface area contributed by atoms with Crippen LogP contribution in [0.3, 0.4) is 0 Å². The maximum Gasteiger partial charge on any atom is 0.128 e. The van der Waals surface area contributed by atoms with Crippen molar-refractivity contribution in [1.82, 2.24) is 14.8 Å². The zero-order valence-electron chi connectivity index (χ0n) is 13.0. The number of hydrogen-bond donors (Lipinski definition) is 1. The summed E-state index contributed by atoms with van der Waals surface area (Å²) in [6.07, 6.45) is 2.18. The van der Waals surface area contributed by atoms with Crippen molar-refractivity contribution in [2.75, 3.05) is 39.8 Å². The molecule has 2 heterocycles. The number of rotatable bonds is 4. The predicted octanol–water partition coefficient (Wildman–Crippen LogP) is 2.80. The second kappa shape index (κ2) is 6.16. The van der Waals surface area contributed by atoms with Crippen LogP contribution in [0.5, 0.6) is 0 Å². The van der Waals surface area contributed by atoms with Gasteiger partial charge in [-0.1, -0.05) is 0 Å². The minimum absolute atomic E-state index is 0.131. The van der Waals surface area contributed by atoms with Gasteiger partial charge in [0.2, 0.25) is 0 Å². The molecule has 0 bridgehead atoms. The highest BCUT2D eigenvalue weighted by Crippen LogP contribution is 2.22. The Kier molecular flexibility index (Phi) is 4.27. The summed E-state index contributed by atoms with van der Waals surface area (Å²) in [5.41, 5.74) is 2.88. The Labute approximate surface area is 125 Å². The van der Waals surface area contributed by atoms with Crippen LogP contribution in [-0.2, 0) is 6.42 Å². The van der Waals surface area contributed by atoms with Crippen LogP contribution in [0.15, 0.2) is 18.2 Å². The molecule has 0 unspecified atom stereocenters. The Morgan fingerprint density at radius 3 is 2.71 bits per heavy atom. The van der Waals surface area contributed by atoms with Crippen LogP contribution in [0.1, 0.15) is 17.7 Å². The first kappa shape index (κ1) is 14.5. The van der Waals surface area contributed by atoms with Gasteiger partial charge in [0.25, 0.3) is 0 Å². The molecule has 0 saturated carbocycles. The molecule has 1 aliphatic rings. The van der Waals surface area contributed by atoms with Gasteiger partial charge in [-0.25, -0.2) is 4.39 Å². The minimum Gasteiger partial charge on any atom is -0.358 e. The SMILES string of the molecule is Cc1c(F)ccc2cc(CCCN3CCN(C)CC3)[nH]c12. The van der Waals surface area contributed by atoms with Crippen LogP contribution in [0.2, 0.25) is 0 Å². The van der Waals surface area contributed by atoms with E-state index in [2.05, 4.69) is 27.9 Å². The first-order chi connectivity index (χ1) is 10.1. The van der Waals surface area contributed by atoms with Crippen LogP contribution >= 0.6 is 0 Å². The molecular formula is C17H24FN3. The number of likely N-dealkylation sites (N-methyl/N-ethyl adjacent to an activating group) is 1. The van der Waals surface area contributed by atoms with Crippen molar-refractivity contribution in [1.29, 1.82) is 0 Å². The maximum atomic E-state index is 13.6. The Balaban J connectivity index is 1.57. The van der Waals surface area contributed by atoms with E-state index >= 15 is 0 Å². The number of H-pyrrole nitrogens is 1. The number of aromatic amines is 1. The number of hydrogen-bond acceptors (Lipinski definition) is 2. The third-order valence-corrected chi connectivity index (χ3v) is 4.56. The zero-order chi connectivity index (χ0) is 14.8. The van der Waals surface area contributed by atoms with E-state index < -0.39 is 0 Å². The second-order valence-electron chi connectivity index (χ2n) is 6.18. The van der Waals surface area contributed by atoms with Crippen molar-refractivity contribution in [2.45, 2.75) is 19.8 Å². The van der Waals surface area contributed by atoms with Crippen molar-refractivity contribution in [2.24, 2.45) is 0 Å². The lowest BCUT2D eigenvalue weighted by Crippen LogP contribution is -2.44. The summed E-state index contributed by atoms with van der Waals surface area (Å²) in [5, 5.41) is 1.11. The van der Waals surface area contributed by atoms with Gasteiger partial charge in [0, 0.05) is 42.8 Å². The Morgan fingerprint density at radius 2 is 1.95 bits per heavy atom. The molecule has 0 atom stereocenters. The van der Waals surface area contributed by atoms with Crippen molar-refractivity contribution < 1.29 is 4.39 Å². The van der Waals surface area contributed by atoms with Gasteiger partial charge in [0.1, 0.15) is 5.82 Å². The number of aryl methyl sites for hydroxylation is 2. The van der Waals surface area contributed by atoms with E-state index in [9.17, 15) is 4.39 Å². The molecule has 0 radical (unpaired) electrons. The van der Waals surface area contributed by atoms with Gasteiger partial charge in [0.15, 0.2) is 0 Å². The van der Waals surface area contributed by atoms with Crippen molar-refractivity contribution in [3.8, 4) is 0 Å². The topological polar surface area (TPSA) is 22.3 Å². The number of aromatic nitrogens is 1. The van der Waals surface area contributed by atoms with E-state index in [1.54, 1.807) is 6.07 Å². The zero-order valence-corrected chi connectivity index (χ0v) is 13.0. The van der Waals surface area contributed by atoms with Crippen molar-refractivity contribution in [3.63, 3.8) is 0 Å². The van der Waals surface area contributed by atoms with E-state index in [4.69, 9.17) is 0 Å². The fraction of sp³-hybridized carbons (Fsp3) is 0.529. The van der Waals surface area contributed by atoms with E-state index in [1.807, 2.05) is 13.0 Å². The van der Waals surface area contributed by atoms with Crippen LogP contribution in [-0.4, -0.2) is 54.6 Å². The highest BCUT2D eigenvalue weighted by Gasteiger charge is 2.13. The van der Waals surface area contributed by atoms with E-state index in [1.165, 1.54) is 31.9 Å². The molecule has 1 saturated heterocycles. The van der Waals surface area contributed by atoms with Crippen LogP contribution in [0.25, 0.3) is 10.9 Å². The third kappa shape index (κ3) is 3.27. The molecule has 4 heteroatoms. The molecule has 0 amide bonds. The average molecular weight is 289 g/mol. The summed E-state index contributed by atoms with van der Waals surface area (Å²) in [7, 11) is 2.18. The van der Waals surface area contributed by atoms with Crippen LogP contribution in [0, 0.1) is 12.7 Å². The van der Waals surface area contributed by atoms with Gasteiger partial charge in [-0.15, -0.1) is 0 Å². The molecule has 3 rings (SSSR count). The molecule has 21 heavy (non-hydrogen) atoms. The summed E-state index contributed by atoms with van der Waals surface area (Å²) in [5.74, 6) is -0.131. The molecule has 114 valence electrons. The Morgan fingerprint density at radius 1 is 1.19 bits per heavy atom. The number of fused-ring (bicyclic) bond motifs is 1. The molecular weight excluding hydrogens is 265 g/mol. The third-order valence-electron chi connectivity index (χ3n) is 4.56. The van der Waals surface area contributed by atoms with Gasteiger partial charge >= 0.3 is 0 Å². The van der Waals surface area contributed by atoms with E-state index in [0.29, 0.717) is 0 Å². The number of benzene rings is 1. The molecule has 1 fully saturated rings. The predicted molar refractivity (Wildman–Crippen MR) is 85.3 cm³/mol. The number of piperazine rings is 1. The Bertz CT molecular complexity index is 612. The second-order valence-corrected chi connectivity index (χ2v) is 6.18. The first-order valence-corrected chi connectivity index (χ1v) is 7.81. The molecule has 1 aliphatic heterocycles. The summed E-state index contributed by atoms with van der Waals surface area (Å²) in [4.78, 5) is 8.30. The normalized spacial score (nSPS) is 17.7. The van der Waals surface area contributed by atoms with Crippen molar-refractivity contribution in [3.05, 3.63) is 35.3 Å². The van der Waals surface area contributed by atoms with Gasteiger partial charge in [-0.3, -0.25) is 0 Å². The molecule has 1 N–H and O–H groups in total. The largest absolute Gasteiger partial charge is 0.358 e. The first-order valence-electron chi connectivity index (χ1n) is 7.81.